The molecule has 0 heterocycles. The van der Waals surface area contributed by atoms with Gasteiger partial charge in [-0.1, -0.05) is 65.8 Å². The molecular weight excluding hydrogens is 473 g/mol. The van der Waals surface area contributed by atoms with Crippen LogP contribution in [0, 0.1) is 29.1 Å². The predicted octanol–water partition coefficient (Wildman–Crippen LogP) is 8.22. The molecule has 2 nitrogen and oxygen atoms in total. The van der Waals surface area contributed by atoms with Crippen molar-refractivity contribution in [1.82, 2.24) is 0 Å². The van der Waals surface area contributed by atoms with Crippen LogP contribution in [0.3, 0.4) is 0 Å². The molecule has 3 aromatic carbocycles. The summed E-state index contributed by atoms with van der Waals surface area (Å²) in [5.41, 5.74) is 1.96. The van der Waals surface area contributed by atoms with E-state index < -0.39 is 41.1 Å². The molecule has 0 atom stereocenters. The van der Waals surface area contributed by atoms with Crippen molar-refractivity contribution >= 4 is 11.9 Å². The third-order valence-corrected chi connectivity index (χ3v) is 6.09. The lowest BCUT2D eigenvalue weighted by molar-refractivity contribution is 0.370. The Labute approximate surface area is 208 Å². The molecule has 0 unspecified atom stereocenters. The third-order valence-electron chi connectivity index (χ3n) is 6.09. The fraction of sp³-hybridized carbons (Fsp3) is 0.345. The highest BCUT2D eigenvalue weighted by atomic mass is 19.2. The Kier molecular flexibility index (Phi) is 7.63. The number of benzene rings is 3. The van der Waals surface area contributed by atoms with Gasteiger partial charge in [0.25, 0.3) is 0 Å². The first kappa shape index (κ1) is 27.4. The molecule has 36 heavy (non-hydrogen) atoms. The molecule has 0 amide bonds. The number of hydrogen-bond acceptors (Lipinski definition) is 2. The number of para-hydroxylation sites is 1. The number of phenols is 1. The zero-order valence-electron chi connectivity index (χ0n) is 21.2. The average Bonchev–Trinajstić information content (AvgIpc) is 2.80. The lowest BCUT2D eigenvalue weighted by Gasteiger charge is -2.27. The third kappa shape index (κ3) is 5.61. The van der Waals surface area contributed by atoms with Crippen LogP contribution in [0.15, 0.2) is 41.4 Å². The SMILES string of the molecule is CC(C)(C)c1cc(C=Nc2ccccc2CCc2c(F)c(F)c(F)c(F)c2F)c(O)c(C(C)(C)C)c1. The number of phenolic OH excluding ortho intramolecular Hbond substituents is 1. The first-order chi connectivity index (χ1) is 16.6. The lowest BCUT2D eigenvalue weighted by Crippen LogP contribution is -2.17. The van der Waals surface area contributed by atoms with Gasteiger partial charge in [-0.2, -0.15) is 0 Å². The van der Waals surface area contributed by atoms with E-state index in [1.54, 1.807) is 24.3 Å². The van der Waals surface area contributed by atoms with Crippen LogP contribution in [-0.2, 0) is 23.7 Å². The van der Waals surface area contributed by atoms with Crippen LogP contribution in [0.4, 0.5) is 27.6 Å². The molecule has 0 spiro atoms. The molecule has 0 aliphatic rings. The van der Waals surface area contributed by atoms with E-state index in [0.29, 0.717) is 16.8 Å². The Morgan fingerprint density at radius 2 is 1.31 bits per heavy atom. The molecule has 0 radical (unpaired) electrons. The van der Waals surface area contributed by atoms with E-state index in [4.69, 9.17) is 0 Å². The van der Waals surface area contributed by atoms with Gasteiger partial charge in [0.05, 0.1) is 5.69 Å². The molecule has 0 aliphatic heterocycles. The van der Waals surface area contributed by atoms with E-state index in [1.165, 1.54) is 6.21 Å². The molecule has 0 saturated carbocycles. The second kappa shape index (κ2) is 10.0. The highest BCUT2D eigenvalue weighted by Crippen LogP contribution is 2.37. The van der Waals surface area contributed by atoms with Crippen LogP contribution in [0.25, 0.3) is 0 Å². The van der Waals surface area contributed by atoms with Gasteiger partial charge in [0.1, 0.15) is 5.75 Å². The summed E-state index contributed by atoms with van der Waals surface area (Å²) >= 11 is 0. The summed E-state index contributed by atoms with van der Waals surface area (Å²) in [6, 6.07) is 10.6. The molecule has 1 N–H and O–H groups in total. The van der Waals surface area contributed by atoms with E-state index in [-0.39, 0.29) is 23.0 Å². The Balaban J connectivity index is 1.99. The van der Waals surface area contributed by atoms with Gasteiger partial charge in [-0.05, 0) is 46.9 Å². The van der Waals surface area contributed by atoms with Crippen LogP contribution in [0.2, 0.25) is 0 Å². The van der Waals surface area contributed by atoms with Gasteiger partial charge in [-0.15, -0.1) is 0 Å². The zero-order valence-corrected chi connectivity index (χ0v) is 21.2. The normalized spacial score (nSPS) is 12.5. The van der Waals surface area contributed by atoms with Crippen LogP contribution in [0.1, 0.15) is 69.4 Å². The number of aromatic hydroxyl groups is 1. The monoisotopic (exact) mass is 503 g/mol. The Hall–Kier alpha value is -3.22. The minimum atomic E-state index is -2.18. The first-order valence-corrected chi connectivity index (χ1v) is 11.6. The highest BCUT2D eigenvalue weighted by Gasteiger charge is 2.26. The van der Waals surface area contributed by atoms with Crippen molar-refractivity contribution in [2.24, 2.45) is 4.99 Å². The van der Waals surface area contributed by atoms with Gasteiger partial charge in [-0.25, -0.2) is 22.0 Å². The second-order valence-electron chi connectivity index (χ2n) is 10.9. The Bertz CT molecular complexity index is 1290. The van der Waals surface area contributed by atoms with Crippen molar-refractivity contribution in [3.8, 4) is 5.75 Å². The van der Waals surface area contributed by atoms with Crippen LogP contribution < -0.4 is 0 Å². The average molecular weight is 504 g/mol. The van der Waals surface area contributed by atoms with Crippen molar-refractivity contribution < 1.29 is 27.1 Å². The number of aliphatic imine (C=N–C) groups is 1. The van der Waals surface area contributed by atoms with Crippen molar-refractivity contribution in [3.05, 3.63) is 93.3 Å². The van der Waals surface area contributed by atoms with Crippen molar-refractivity contribution in [1.29, 1.82) is 0 Å². The highest BCUT2D eigenvalue weighted by molar-refractivity contribution is 5.87. The van der Waals surface area contributed by atoms with Crippen molar-refractivity contribution in [2.75, 3.05) is 0 Å². The number of hydrogen-bond donors (Lipinski definition) is 1. The first-order valence-electron chi connectivity index (χ1n) is 11.6. The van der Waals surface area contributed by atoms with Gasteiger partial charge >= 0.3 is 0 Å². The minimum Gasteiger partial charge on any atom is -0.507 e. The fourth-order valence-electron chi connectivity index (χ4n) is 3.88. The maximum Gasteiger partial charge on any atom is 0.200 e. The second-order valence-corrected chi connectivity index (χ2v) is 10.9. The summed E-state index contributed by atoms with van der Waals surface area (Å²) in [4.78, 5) is 4.51. The standard InChI is InChI=1S/C29H30F5NO/c1-28(2,3)18-13-17(27(36)20(14-18)29(4,5)6)15-35-21-10-8-7-9-16(21)11-12-19-22(30)24(32)26(34)25(33)23(19)31/h7-10,13-15,36H,11-12H2,1-6H3. The van der Waals surface area contributed by atoms with Gasteiger partial charge < -0.3 is 5.11 Å². The molecule has 0 aromatic heterocycles. The summed E-state index contributed by atoms with van der Waals surface area (Å²) in [6.45, 7) is 12.2. The molecule has 0 aliphatic carbocycles. The van der Waals surface area contributed by atoms with E-state index >= 15 is 0 Å². The molecule has 192 valence electrons. The minimum absolute atomic E-state index is 0.00683. The van der Waals surface area contributed by atoms with E-state index in [0.717, 1.165) is 11.1 Å². The lowest BCUT2D eigenvalue weighted by atomic mass is 9.79. The quantitative estimate of drug-likeness (QED) is 0.162. The number of halogens is 5. The molecule has 0 bridgehead atoms. The van der Waals surface area contributed by atoms with Crippen molar-refractivity contribution in [2.45, 2.75) is 65.2 Å². The summed E-state index contributed by atoms with van der Waals surface area (Å²) in [7, 11) is 0. The molecular formula is C29H30F5NO. The molecule has 3 aromatic rings. The van der Waals surface area contributed by atoms with E-state index in [1.807, 2.05) is 32.9 Å². The van der Waals surface area contributed by atoms with Gasteiger partial charge in [0, 0.05) is 22.9 Å². The smallest absolute Gasteiger partial charge is 0.200 e. The topological polar surface area (TPSA) is 32.6 Å². The van der Waals surface area contributed by atoms with Gasteiger partial charge in [0.2, 0.25) is 5.82 Å². The molecule has 3 rings (SSSR count). The van der Waals surface area contributed by atoms with E-state index in [9.17, 15) is 27.1 Å². The largest absolute Gasteiger partial charge is 0.507 e. The predicted molar refractivity (Wildman–Crippen MR) is 133 cm³/mol. The summed E-state index contributed by atoms with van der Waals surface area (Å²) in [5.74, 6) is -9.64. The molecule has 7 heteroatoms. The zero-order chi connectivity index (χ0) is 27.0. The van der Waals surface area contributed by atoms with Gasteiger partial charge in [-0.3, -0.25) is 4.99 Å². The molecule has 0 saturated heterocycles. The van der Waals surface area contributed by atoms with Crippen LogP contribution in [0.5, 0.6) is 5.75 Å². The number of rotatable bonds is 5. The summed E-state index contributed by atoms with van der Waals surface area (Å²) < 4.78 is 68.7. The molecule has 0 fully saturated rings. The summed E-state index contributed by atoms with van der Waals surface area (Å²) in [5, 5.41) is 11.0. The maximum atomic E-state index is 14.1. The maximum absolute atomic E-state index is 14.1. The Morgan fingerprint density at radius 3 is 1.86 bits per heavy atom. The number of nitrogens with zero attached hydrogens (tertiary/aromatic N) is 1. The fourth-order valence-corrected chi connectivity index (χ4v) is 3.88. The Morgan fingerprint density at radius 1 is 0.750 bits per heavy atom. The number of aryl methyl sites for hydroxylation is 1. The van der Waals surface area contributed by atoms with E-state index in [2.05, 4.69) is 25.8 Å². The summed E-state index contributed by atoms with van der Waals surface area (Å²) in [6.07, 6.45) is 1.11. The van der Waals surface area contributed by atoms with Crippen LogP contribution in [-0.4, -0.2) is 11.3 Å². The van der Waals surface area contributed by atoms with Crippen LogP contribution >= 0.6 is 0 Å². The van der Waals surface area contributed by atoms with Gasteiger partial charge in [0.15, 0.2) is 23.3 Å². The van der Waals surface area contributed by atoms with Crippen molar-refractivity contribution in [3.63, 3.8) is 0 Å².